The van der Waals surface area contributed by atoms with E-state index in [0.29, 0.717) is 5.02 Å². The van der Waals surface area contributed by atoms with E-state index in [1.165, 1.54) is 5.56 Å². The smallest absolute Gasteiger partial charge is 0.0921 e. The minimum absolute atomic E-state index is 0.688. The molecule has 2 aromatic carbocycles. The third kappa shape index (κ3) is 3.46. The van der Waals surface area contributed by atoms with Crippen molar-refractivity contribution in [1.82, 2.24) is 4.90 Å². The van der Waals surface area contributed by atoms with Gasteiger partial charge in [-0.05, 0) is 36.1 Å². The van der Waals surface area contributed by atoms with Gasteiger partial charge in [0.15, 0.2) is 0 Å². The monoisotopic (exact) mass is 301 g/mol. The zero-order valence-corrected chi connectivity index (χ0v) is 12.8. The lowest BCUT2D eigenvalue weighted by atomic mass is 9.84. The highest BCUT2D eigenvalue weighted by Crippen LogP contribution is 2.34. The van der Waals surface area contributed by atoms with Crippen LogP contribution in [0.25, 0.3) is 0 Å². The summed E-state index contributed by atoms with van der Waals surface area (Å²) < 4.78 is 0. The van der Waals surface area contributed by atoms with Gasteiger partial charge in [-0.1, -0.05) is 54.1 Å². The van der Waals surface area contributed by atoms with Crippen LogP contribution in [0.5, 0.6) is 0 Å². The van der Waals surface area contributed by atoms with Crippen LogP contribution in [-0.2, 0) is 12.1 Å². The van der Waals surface area contributed by atoms with Crippen LogP contribution in [0.1, 0.15) is 24.0 Å². The lowest BCUT2D eigenvalue weighted by Gasteiger charge is -2.38. The van der Waals surface area contributed by atoms with E-state index >= 15 is 0 Å². The van der Waals surface area contributed by atoms with Crippen molar-refractivity contribution in [1.29, 1.82) is 0 Å². The molecule has 21 heavy (non-hydrogen) atoms. The molecule has 0 saturated carbocycles. The normalized spacial score (nSPS) is 18.6. The molecule has 110 valence electrons. The molecule has 0 atom stereocenters. The molecule has 1 aliphatic heterocycles. The van der Waals surface area contributed by atoms with Crippen LogP contribution >= 0.6 is 11.6 Å². The number of hydrogen-bond donors (Lipinski definition) is 1. The van der Waals surface area contributed by atoms with Gasteiger partial charge < -0.3 is 5.11 Å². The van der Waals surface area contributed by atoms with Gasteiger partial charge >= 0.3 is 0 Å². The molecule has 2 nitrogen and oxygen atoms in total. The fourth-order valence-electron chi connectivity index (χ4n) is 2.99. The quantitative estimate of drug-likeness (QED) is 0.931. The highest BCUT2D eigenvalue weighted by atomic mass is 35.5. The first-order valence-electron chi connectivity index (χ1n) is 7.40. The van der Waals surface area contributed by atoms with Crippen molar-refractivity contribution in [3.8, 4) is 0 Å². The fraction of sp³-hybridized carbons (Fsp3) is 0.333. The van der Waals surface area contributed by atoms with E-state index in [4.69, 9.17) is 11.6 Å². The lowest BCUT2D eigenvalue weighted by Crippen LogP contribution is -2.42. The van der Waals surface area contributed by atoms with Gasteiger partial charge in [0.25, 0.3) is 0 Å². The van der Waals surface area contributed by atoms with Crippen LogP contribution in [0.3, 0.4) is 0 Å². The Morgan fingerprint density at radius 1 is 1.00 bits per heavy atom. The second kappa shape index (κ2) is 6.18. The molecule has 0 bridgehead atoms. The maximum absolute atomic E-state index is 10.9. The SMILES string of the molecule is OC1(c2cccc(Cl)c2)CCN(Cc2ccccc2)CC1. The molecular weight excluding hydrogens is 282 g/mol. The van der Waals surface area contributed by atoms with Crippen LogP contribution < -0.4 is 0 Å². The van der Waals surface area contributed by atoms with Crippen molar-refractivity contribution in [2.75, 3.05) is 13.1 Å². The summed E-state index contributed by atoms with van der Waals surface area (Å²) in [5.74, 6) is 0. The van der Waals surface area contributed by atoms with Crippen LogP contribution in [0.4, 0.5) is 0 Å². The maximum atomic E-state index is 10.9. The van der Waals surface area contributed by atoms with E-state index in [9.17, 15) is 5.11 Å². The summed E-state index contributed by atoms with van der Waals surface area (Å²) in [6.45, 7) is 2.75. The van der Waals surface area contributed by atoms with Gasteiger partial charge in [-0.2, -0.15) is 0 Å². The number of piperidine rings is 1. The Morgan fingerprint density at radius 2 is 1.71 bits per heavy atom. The predicted octanol–water partition coefficient (Wildman–Crippen LogP) is 3.82. The second-order valence-corrected chi connectivity index (χ2v) is 6.24. The summed E-state index contributed by atoms with van der Waals surface area (Å²) in [7, 11) is 0. The van der Waals surface area contributed by atoms with Crippen LogP contribution in [0, 0.1) is 0 Å². The molecular formula is C18H20ClNO. The number of hydrogen-bond acceptors (Lipinski definition) is 2. The van der Waals surface area contributed by atoms with Crippen molar-refractivity contribution in [3.05, 3.63) is 70.7 Å². The summed E-state index contributed by atoms with van der Waals surface area (Å²) >= 11 is 6.04. The number of rotatable bonds is 3. The summed E-state index contributed by atoms with van der Waals surface area (Å²) in [6, 6.07) is 18.1. The average molecular weight is 302 g/mol. The Kier molecular flexibility index (Phi) is 4.29. The van der Waals surface area contributed by atoms with E-state index < -0.39 is 5.60 Å². The third-order valence-corrected chi connectivity index (χ3v) is 4.53. The molecule has 1 fully saturated rings. The molecule has 2 aromatic rings. The van der Waals surface area contributed by atoms with Gasteiger partial charge in [-0.3, -0.25) is 4.90 Å². The highest BCUT2D eigenvalue weighted by Gasteiger charge is 2.33. The minimum atomic E-state index is -0.738. The van der Waals surface area contributed by atoms with Crippen molar-refractivity contribution in [2.45, 2.75) is 25.0 Å². The first kappa shape index (κ1) is 14.6. The number of benzene rings is 2. The average Bonchev–Trinajstić information content (AvgIpc) is 2.51. The van der Waals surface area contributed by atoms with E-state index in [-0.39, 0.29) is 0 Å². The first-order valence-corrected chi connectivity index (χ1v) is 7.78. The fourth-order valence-corrected chi connectivity index (χ4v) is 3.18. The Bertz CT molecular complexity index is 591. The molecule has 0 aliphatic carbocycles. The van der Waals surface area contributed by atoms with Crippen LogP contribution in [0.2, 0.25) is 5.02 Å². The summed E-state index contributed by atoms with van der Waals surface area (Å²) in [5, 5.41) is 11.6. The van der Waals surface area contributed by atoms with E-state index in [1.807, 2.05) is 30.3 Å². The molecule has 3 heteroatoms. The Hall–Kier alpha value is -1.35. The number of nitrogens with zero attached hydrogens (tertiary/aromatic N) is 1. The van der Waals surface area contributed by atoms with Crippen LogP contribution in [0.15, 0.2) is 54.6 Å². The van der Waals surface area contributed by atoms with Gasteiger partial charge in [-0.15, -0.1) is 0 Å². The molecule has 1 saturated heterocycles. The Balaban J connectivity index is 1.64. The highest BCUT2D eigenvalue weighted by molar-refractivity contribution is 6.30. The largest absolute Gasteiger partial charge is 0.385 e. The first-order chi connectivity index (χ1) is 10.2. The molecule has 0 spiro atoms. The number of halogens is 1. The Morgan fingerprint density at radius 3 is 2.38 bits per heavy atom. The van der Waals surface area contributed by atoms with Crippen molar-refractivity contribution >= 4 is 11.6 Å². The molecule has 1 N–H and O–H groups in total. The van der Waals surface area contributed by atoms with E-state index in [0.717, 1.165) is 38.0 Å². The van der Waals surface area contributed by atoms with Crippen molar-refractivity contribution < 1.29 is 5.11 Å². The van der Waals surface area contributed by atoms with Crippen molar-refractivity contribution in [3.63, 3.8) is 0 Å². The number of likely N-dealkylation sites (tertiary alicyclic amines) is 1. The standard InChI is InChI=1S/C18H20ClNO/c19-17-8-4-7-16(13-17)18(21)9-11-20(12-10-18)14-15-5-2-1-3-6-15/h1-8,13,21H,9-12,14H2. The van der Waals surface area contributed by atoms with Gasteiger partial charge in [-0.25, -0.2) is 0 Å². The molecule has 0 unspecified atom stereocenters. The maximum Gasteiger partial charge on any atom is 0.0921 e. The topological polar surface area (TPSA) is 23.5 Å². The zero-order chi connectivity index (χ0) is 14.7. The molecule has 3 rings (SSSR count). The molecule has 1 heterocycles. The molecule has 0 aromatic heterocycles. The van der Waals surface area contributed by atoms with Gasteiger partial charge in [0.05, 0.1) is 5.60 Å². The summed E-state index contributed by atoms with van der Waals surface area (Å²) in [5.41, 5.74) is 1.53. The van der Waals surface area contributed by atoms with Crippen LogP contribution in [-0.4, -0.2) is 23.1 Å². The summed E-state index contributed by atoms with van der Waals surface area (Å²) in [6.07, 6.45) is 1.50. The van der Waals surface area contributed by atoms with E-state index in [2.05, 4.69) is 29.2 Å². The molecule has 1 aliphatic rings. The lowest BCUT2D eigenvalue weighted by molar-refractivity contribution is -0.0277. The van der Waals surface area contributed by atoms with Gasteiger partial charge in [0.1, 0.15) is 0 Å². The number of aliphatic hydroxyl groups is 1. The Labute approximate surface area is 131 Å². The van der Waals surface area contributed by atoms with Gasteiger partial charge in [0, 0.05) is 24.7 Å². The summed E-state index contributed by atoms with van der Waals surface area (Å²) in [4.78, 5) is 2.40. The molecule has 0 amide bonds. The second-order valence-electron chi connectivity index (χ2n) is 5.80. The molecule has 0 radical (unpaired) electrons. The third-order valence-electron chi connectivity index (χ3n) is 4.29. The predicted molar refractivity (Wildman–Crippen MR) is 86.3 cm³/mol. The zero-order valence-electron chi connectivity index (χ0n) is 12.0. The van der Waals surface area contributed by atoms with Crippen molar-refractivity contribution in [2.24, 2.45) is 0 Å². The van der Waals surface area contributed by atoms with E-state index in [1.54, 1.807) is 0 Å². The minimum Gasteiger partial charge on any atom is -0.385 e. The van der Waals surface area contributed by atoms with Gasteiger partial charge in [0.2, 0.25) is 0 Å².